The van der Waals surface area contributed by atoms with Crippen molar-refractivity contribution in [1.82, 2.24) is 0 Å². The van der Waals surface area contributed by atoms with E-state index in [1.165, 1.54) is 0 Å². The maximum absolute atomic E-state index is 4.81. The molecular weight excluding hydrogens is 100 g/mol. The largest absolute Gasteiger partial charge is 0.380 e. The lowest BCUT2D eigenvalue weighted by molar-refractivity contribution is 0.224. The molecule has 0 aliphatic rings. The number of methoxy groups -OCH3 is 1. The van der Waals surface area contributed by atoms with Crippen molar-refractivity contribution in [2.45, 2.75) is 6.42 Å². The lowest BCUT2D eigenvalue weighted by Gasteiger charge is -1.96. The van der Waals surface area contributed by atoms with Crippen LogP contribution in [0.15, 0.2) is 24.8 Å². The molecule has 0 bridgehead atoms. The third-order valence-electron chi connectivity index (χ3n) is 0.781. The average molecular weight is 112 g/mol. The Morgan fingerprint density at radius 2 is 2.38 bits per heavy atom. The molecule has 0 fully saturated rings. The minimum absolute atomic E-state index is 0.645. The predicted molar refractivity (Wildman–Crippen MR) is 35.8 cm³/mol. The van der Waals surface area contributed by atoms with Gasteiger partial charge in [-0.2, -0.15) is 0 Å². The number of allylic oxidation sites excluding steroid dienone is 1. The summed E-state index contributed by atoms with van der Waals surface area (Å²) in [5, 5.41) is 0. The molecule has 0 aliphatic carbocycles. The first-order valence-corrected chi connectivity index (χ1v) is 2.57. The first-order valence-electron chi connectivity index (χ1n) is 2.57. The lowest BCUT2D eigenvalue weighted by Crippen LogP contribution is -1.89. The van der Waals surface area contributed by atoms with E-state index in [1.807, 2.05) is 6.08 Å². The Balaban J connectivity index is 3.18. The van der Waals surface area contributed by atoms with Crippen LogP contribution in [0.25, 0.3) is 0 Å². The second-order valence-corrected chi connectivity index (χ2v) is 1.68. The molecule has 0 aromatic rings. The van der Waals surface area contributed by atoms with Crippen molar-refractivity contribution < 1.29 is 4.74 Å². The van der Waals surface area contributed by atoms with Gasteiger partial charge >= 0.3 is 0 Å². The Morgan fingerprint density at radius 3 is 2.75 bits per heavy atom. The third-order valence-corrected chi connectivity index (χ3v) is 0.781. The van der Waals surface area contributed by atoms with E-state index in [9.17, 15) is 0 Å². The number of hydrogen-bond donors (Lipinski definition) is 0. The number of rotatable bonds is 4. The predicted octanol–water partition coefficient (Wildman–Crippen LogP) is 1.77. The lowest BCUT2D eigenvalue weighted by atomic mass is 10.2. The summed E-state index contributed by atoms with van der Waals surface area (Å²) >= 11 is 0. The Kier molecular flexibility index (Phi) is 4.27. The first kappa shape index (κ1) is 7.44. The second-order valence-electron chi connectivity index (χ2n) is 1.68. The fraction of sp³-hybridized carbons (Fsp3) is 0.429. The fourth-order valence-electron chi connectivity index (χ4n) is 0.467. The molecule has 0 amide bonds. The Hall–Kier alpha value is -0.560. The van der Waals surface area contributed by atoms with E-state index in [0.717, 1.165) is 12.0 Å². The van der Waals surface area contributed by atoms with E-state index in [1.54, 1.807) is 7.11 Å². The van der Waals surface area contributed by atoms with Gasteiger partial charge in [0.25, 0.3) is 0 Å². The van der Waals surface area contributed by atoms with Gasteiger partial charge in [0.1, 0.15) is 0 Å². The Labute approximate surface area is 50.7 Å². The highest BCUT2D eigenvalue weighted by atomic mass is 16.5. The molecule has 0 aromatic carbocycles. The molecule has 0 atom stereocenters. The molecule has 0 N–H and O–H groups in total. The zero-order chi connectivity index (χ0) is 6.41. The topological polar surface area (TPSA) is 9.23 Å². The highest BCUT2D eigenvalue weighted by Gasteiger charge is 1.85. The molecule has 0 spiro atoms. The van der Waals surface area contributed by atoms with E-state index in [0.29, 0.717) is 6.61 Å². The Morgan fingerprint density at radius 1 is 1.75 bits per heavy atom. The molecule has 46 valence electrons. The molecule has 0 heterocycles. The summed E-state index contributed by atoms with van der Waals surface area (Å²) in [6, 6.07) is 0. The van der Waals surface area contributed by atoms with Crippen molar-refractivity contribution in [3.8, 4) is 0 Å². The van der Waals surface area contributed by atoms with Gasteiger partial charge in [-0.1, -0.05) is 12.7 Å². The van der Waals surface area contributed by atoms with Gasteiger partial charge in [0.15, 0.2) is 0 Å². The smallest absolute Gasteiger partial charge is 0.0673 e. The molecule has 0 aromatic heterocycles. The van der Waals surface area contributed by atoms with E-state index in [4.69, 9.17) is 4.74 Å². The summed E-state index contributed by atoms with van der Waals surface area (Å²) in [7, 11) is 1.66. The van der Waals surface area contributed by atoms with Gasteiger partial charge in [-0.15, -0.1) is 6.58 Å². The van der Waals surface area contributed by atoms with Crippen molar-refractivity contribution >= 4 is 0 Å². The molecule has 0 unspecified atom stereocenters. The maximum Gasteiger partial charge on any atom is 0.0673 e. The fourth-order valence-corrected chi connectivity index (χ4v) is 0.467. The minimum atomic E-state index is 0.645. The average Bonchev–Trinajstić information content (AvgIpc) is 1.68. The Bertz CT molecular complexity index is 84.4. The van der Waals surface area contributed by atoms with Crippen molar-refractivity contribution in [2.75, 3.05) is 13.7 Å². The third kappa shape index (κ3) is 3.62. The molecule has 1 heteroatoms. The summed E-state index contributed by atoms with van der Waals surface area (Å²) in [6.45, 7) is 7.95. The van der Waals surface area contributed by atoms with Crippen LogP contribution in [0, 0.1) is 0 Å². The number of ether oxygens (including phenoxy) is 1. The van der Waals surface area contributed by atoms with Crippen LogP contribution in [0.5, 0.6) is 0 Å². The summed E-state index contributed by atoms with van der Waals surface area (Å²) in [6.07, 6.45) is 2.68. The molecule has 0 aliphatic heterocycles. The standard InChI is InChI=1S/C7H12O/c1-4-5-7(2)6-8-3/h4H,1-2,5-6H2,3H3. The van der Waals surface area contributed by atoms with Crippen LogP contribution in [-0.2, 0) is 4.74 Å². The van der Waals surface area contributed by atoms with Gasteiger partial charge in [-0.25, -0.2) is 0 Å². The van der Waals surface area contributed by atoms with Crippen molar-refractivity contribution in [2.24, 2.45) is 0 Å². The van der Waals surface area contributed by atoms with Crippen LogP contribution in [0.1, 0.15) is 6.42 Å². The molecule has 0 saturated carbocycles. The van der Waals surface area contributed by atoms with E-state index < -0.39 is 0 Å². The number of hydrogen-bond acceptors (Lipinski definition) is 1. The zero-order valence-corrected chi connectivity index (χ0v) is 5.31. The van der Waals surface area contributed by atoms with E-state index in [-0.39, 0.29) is 0 Å². The highest BCUT2D eigenvalue weighted by molar-refractivity contribution is 4.99. The normalized spacial score (nSPS) is 8.62. The summed E-state index contributed by atoms with van der Waals surface area (Å²) in [4.78, 5) is 0. The van der Waals surface area contributed by atoms with Crippen LogP contribution in [0.4, 0.5) is 0 Å². The maximum atomic E-state index is 4.81. The van der Waals surface area contributed by atoms with Gasteiger partial charge in [-0.05, 0) is 12.0 Å². The van der Waals surface area contributed by atoms with Crippen LogP contribution in [0.3, 0.4) is 0 Å². The highest BCUT2D eigenvalue weighted by Crippen LogP contribution is 1.96. The molecule has 8 heavy (non-hydrogen) atoms. The van der Waals surface area contributed by atoms with Gasteiger partial charge in [0, 0.05) is 7.11 Å². The quantitative estimate of drug-likeness (QED) is 0.503. The van der Waals surface area contributed by atoms with E-state index >= 15 is 0 Å². The van der Waals surface area contributed by atoms with Crippen molar-refractivity contribution in [1.29, 1.82) is 0 Å². The molecule has 0 saturated heterocycles. The molecule has 0 rings (SSSR count). The summed E-state index contributed by atoms with van der Waals surface area (Å²) in [5.74, 6) is 0. The molecule has 0 radical (unpaired) electrons. The monoisotopic (exact) mass is 112 g/mol. The van der Waals surface area contributed by atoms with Gasteiger partial charge < -0.3 is 4.74 Å². The molecule has 1 nitrogen and oxygen atoms in total. The summed E-state index contributed by atoms with van der Waals surface area (Å²) in [5.41, 5.74) is 1.07. The van der Waals surface area contributed by atoms with Crippen LogP contribution < -0.4 is 0 Å². The zero-order valence-electron chi connectivity index (χ0n) is 5.31. The minimum Gasteiger partial charge on any atom is -0.380 e. The summed E-state index contributed by atoms with van der Waals surface area (Å²) < 4.78 is 4.81. The first-order chi connectivity index (χ1) is 3.81. The van der Waals surface area contributed by atoms with Crippen molar-refractivity contribution in [3.05, 3.63) is 24.8 Å². The van der Waals surface area contributed by atoms with Crippen LogP contribution in [0.2, 0.25) is 0 Å². The SMILES string of the molecule is C=CCC(=C)COC. The molecular formula is C7H12O. The van der Waals surface area contributed by atoms with Gasteiger partial charge in [-0.3, -0.25) is 0 Å². The van der Waals surface area contributed by atoms with Gasteiger partial charge in [0.2, 0.25) is 0 Å². The second kappa shape index (κ2) is 4.60. The van der Waals surface area contributed by atoms with Crippen LogP contribution >= 0.6 is 0 Å². The van der Waals surface area contributed by atoms with Crippen molar-refractivity contribution in [3.63, 3.8) is 0 Å². The van der Waals surface area contributed by atoms with E-state index in [2.05, 4.69) is 13.2 Å². The van der Waals surface area contributed by atoms with Gasteiger partial charge in [0.05, 0.1) is 6.61 Å². The van der Waals surface area contributed by atoms with Crippen LogP contribution in [-0.4, -0.2) is 13.7 Å².